The lowest BCUT2D eigenvalue weighted by molar-refractivity contribution is -0.384. The molecule has 0 unspecified atom stereocenters. The number of aromatic nitrogens is 3. The maximum atomic E-state index is 10.5. The fourth-order valence-corrected chi connectivity index (χ4v) is 1.61. The van der Waals surface area contributed by atoms with Gasteiger partial charge < -0.3 is 0 Å². The lowest BCUT2D eigenvalue weighted by Gasteiger charge is -2.03. The van der Waals surface area contributed by atoms with Crippen LogP contribution in [0, 0.1) is 21.4 Å². The van der Waals surface area contributed by atoms with Crippen LogP contribution in [0.15, 0.2) is 24.5 Å². The summed E-state index contributed by atoms with van der Waals surface area (Å²) >= 11 is 5.93. The Bertz CT molecular complexity index is 646. The summed E-state index contributed by atoms with van der Waals surface area (Å²) in [6.45, 7) is 0.297. The van der Waals surface area contributed by atoms with Gasteiger partial charge in [-0.05, 0) is 11.6 Å². The molecule has 0 N–H and O–H groups in total. The number of nitriles is 1. The molecule has 0 spiro atoms. The highest BCUT2D eigenvalue weighted by Gasteiger charge is 2.10. The Labute approximate surface area is 106 Å². The van der Waals surface area contributed by atoms with Crippen molar-refractivity contribution >= 4 is 17.3 Å². The summed E-state index contributed by atoms with van der Waals surface area (Å²) in [6.07, 6.45) is 1.40. The minimum absolute atomic E-state index is 0.0630. The molecule has 2 rings (SSSR count). The molecule has 0 amide bonds. The number of rotatable bonds is 3. The van der Waals surface area contributed by atoms with Crippen molar-refractivity contribution in [2.24, 2.45) is 0 Å². The normalized spacial score (nSPS) is 10.0. The molecule has 0 radical (unpaired) electrons. The van der Waals surface area contributed by atoms with Gasteiger partial charge in [-0.1, -0.05) is 11.6 Å². The molecule has 7 nitrogen and oxygen atoms in total. The van der Waals surface area contributed by atoms with Crippen molar-refractivity contribution in [3.63, 3.8) is 0 Å². The number of halogens is 1. The van der Waals surface area contributed by atoms with Crippen molar-refractivity contribution in [3.8, 4) is 6.07 Å². The van der Waals surface area contributed by atoms with Gasteiger partial charge >= 0.3 is 0 Å². The summed E-state index contributed by atoms with van der Waals surface area (Å²) in [5.41, 5.74) is 0.594. The molecule has 0 aliphatic rings. The second-order valence-corrected chi connectivity index (χ2v) is 3.82. The minimum Gasteiger partial charge on any atom is -0.258 e. The maximum Gasteiger partial charge on any atom is 0.270 e. The van der Waals surface area contributed by atoms with Crippen molar-refractivity contribution in [2.45, 2.75) is 6.54 Å². The van der Waals surface area contributed by atoms with Gasteiger partial charge in [0.2, 0.25) is 0 Å². The van der Waals surface area contributed by atoms with Gasteiger partial charge in [0.1, 0.15) is 12.4 Å². The Morgan fingerprint density at radius 3 is 2.89 bits per heavy atom. The Kier molecular flexibility index (Phi) is 3.21. The average Bonchev–Trinajstić information content (AvgIpc) is 2.79. The zero-order chi connectivity index (χ0) is 13.1. The highest BCUT2D eigenvalue weighted by Crippen LogP contribution is 2.22. The van der Waals surface area contributed by atoms with Crippen LogP contribution in [-0.4, -0.2) is 19.7 Å². The highest BCUT2D eigenvalue weighted by molar-refractivity contribution is 6.31. The fourth-order valence-electron chi connectivity index (χ4n) is 1.37. The van der Waals surface area contributed by atoms with Crippen LogP contribution in [0.5, 0.6) is 0 Å². The first kappa shape index (κ1) is 12.0. The molecular weight excluding hydrogens is 258 g/mol. The van der Waals surface area contributed by atoms with E-state index in [4.69, 9.17) is 16.9 Å². The van der Waals surface area contributed by atoms with E-state index in [1.54, 1.807) is 12.1 Å². The monoisotopic (exact) mass is 263 g/mol. The summed E-state index contributed by atoms with van der Waals surface area (Å²) in [5.74, 6) is 0.0630. The molecule has 1 aromatic carbocycles. The van der Waals surface area contributed by atoms with E-state index in [1.165, 1.54) is 23.1 Å². The molecule has 0 bridgehead atoms. The molecule has 0 aliphatic heterocycles. The summed E-state index contributed by atoms with van der Waals surface area (Å²) in [7, 11) is 0. The molecule has 0 saturated carbocycles. The summed E-state index contributed by atoms with van der Waals surface area (Å²) in [4.78, 5) is 13.8. The summed E-state index contributed by atoms with van der Waals surface area (Å²) in [5, 5.41) is 23.3. The van der Waals surface area contributed by atoms with Gasteiger partial charge in [0.15, 0.2) is 0 Å². The van der Waals surface area contributed by atoms with Gasteiger partial charge in [0.25, 0.3) is 11.5 Å². The van der Waals surface area contributed by atoms with Gasteiger partial charge in [-0.15, -0.1) is 5.10 Å². The largest absolute Gasteiger partial charge is 0.270 e. The molecule has 1 heterocycles. The molecule has 0 atom stereocenters. The SMILES string of the molecule is N#Cc1ncn(Cc2ccc([N+](=O)[O-])cc2Cl)n1. The maximum absolute atomic E-state index is 10.5. The number of non-ortho nitro benzene ring substituents is 1. The lowest BCUT2D eigenvalue weighted by Crippen LogP contribution is -2.01. The van der Waals surface area contributed by atoms with Crippen LogP contribution in [0.4, 0.5) is 5.69 Å². The first-order chi connectivity index (χ1) is 8.60. The van der Waals surface area contributed by atoms with Crippen molar-refractivity contribution in [1.82, 2.24) is 14.8 Å². The molecule has 18 heavy (non-hydrogen) atoms. The van der Waals surface area contributed by atoms with Crippen LogP contribution >= 0.6 is 11.6 Å². The minimum atomic E-state index is -0.515. The Morgan fingerprint density at radius 2 is 2.33 bits per heavy atom. The van der Waals surface area contributed by atoms with E-state index in [0.717, 1.165) is 0 Å². The first-order valence-electron chi connectivity index (χ1n) is 4.82. The quantitative estimate of drug-likeness (QED) is 0.621. The molecule has 1 aromatic heterocycles. The van der Waals surface area contributed by atoms with E-state index in [1.807, 2.05) is 0 Å². The van der Waals surface area contributed by atoms with Gasteiger partial charge in [-0.3, -0.25) is 10.1 Å². The Balaban J connectivity index is 2.24. The van der Waals surface area contributed by atoms with E-state index in [9.17, 15) is 10.1 Å². The third-order valence-electron chi connectivity index (χ3n) is 2.22. The fraction of sp³-hybridized carbons (Fsp3) is 0.100. The summed E-state index contributed by atoms with van der Waals surface area (Å²) < 4.78 is 1.44. The van der Waals surface area contributed by atoms with Gasteiger partial charge in [0, 0.05) is 12.1 Å². The number of nitro benzene ring substituents is 1. The van der Waals surface area contributed by atoms with E-state index in [-0.39, 0.29) is 16.5 Å². The van der Waals surface area contributed by atoms with E-state index >= 15 is 0 Å². The summed E-state index contributed by atoms with van der Waals surface area (Å²) in [6, 6.07) is 6.00. The van der Waals surface area contributed by atoms with Crippen LogP contribution < -0.4 is 0 Å². The molecule has 0 aliphatic carbocycles. The number of nitrogens with zero attached hydrogens (tertiary/aromatic N) is 5. The van der Waals surface area contributed by atoms with E-state index in [0.29, 0.717) is 12.1 Å². The van der Waals surface area contributed by atoms with Crippen LogP contribution in [-0.2, 0) is 6.54 Å². The molecule has 0 fully saturated rings. The molecule has 90 valence electrons. The third-order valence-corrected chi connectivity index (χ3v) is 2.57. The molecule has 8 heteroatoms. The number of hydrogen-bond acceptors (Lipinski definition) is 5. The smallest absolute Gasteiger partial charge is 0.258 e. The highest BCUT2D eigenvalue weighted by atomic mass is 35.5. The van der Waals surface area contributed by atoms with Crippen LogP contribution in [0.1, 0.15) is 11.4 Å². The van der Waals surface area contributed by atoms with Crippen molar-refractivity contribution in [1.29, 1.82) is 5.26 Å². The van der Waals surface area contributed by atoms with E-state index in [2.05, 4.69) is 10.1 Å². The third kappa shape index (κ3) is 2.44. The van der Waals surface area contributed by atoms with Crippen LogP contribution in [0.3, 0.4) is 0 Å². The predicted octanol–water partition coefficient (Wildman–Crippen LogP) is 1.76. The van der Waals surface area contributed by atoms with E-state index < -0.39 is 4.92 Å². The second kappa shape index (κ2) is 4.81. The average molecular weight is 264 g/mol. The number of nitro groups is 1. The second-order valence-electron chi connectivity index (χ2n) is 3.41. The molecular formula is C10H6ClN5O2. The topological polar surface area (TPSA) is 97.6 Å². The Morgan fingerprint density at radius 1 is 1.56 bits per heavy atom. The first-order valence-corrected chi connectivity index (χ1v) is 5.20. The zero-order valence-corrected chi connectivity index (χ0v) is 9.70. The van der Waals surface area contributed by atoms with Crippen LogP contribution in [0.25, 0.3) is 0 Å². The standard InChI is InChI=1S/C10H6ClN5O2/c11-9-3-8(16(17)18)2-1-7(9)5-15-6-13-10(4-12)14-15/h1-3,6H,5H2. The van der Waals surface area contributed by atoms with Crippen molar-refractivity contribution in [3.05, 3.63) is 51.1 Å². The Hall–Kier alpha value is -2.46. The van der Waals surface area contributed by atoms with Gasteiger partial charge in [-0.2, -0.15) is 5.26 Å². The van der Waals surface area contributed by atoms with Crippen LogP contribution in [0.2, 0.25) is 5.02 Å². The number of hydrogen-bond donors (Lipinski definition) is 0. The molecule has 0 saturated heterocycles. The predicted molar refractivity (Wildman–Crippen MR) is 61.9 cm³/mol. The zero-order valence-electron chi connectivity index (χ0n) is 8.95. The van der Waals surface area contributed by atoms with Crippen molar-refractivity contribution in [2.75, 3.05) is 0 Å². The number of benzene rings is 1. The lowest BCUT2D eigenvalue weighted by atomic mass is 10.2. The molecule has 2 aromatic rings. The van der Waals surface area contributed by atoms with Gasteiger partial charge in [0.05, 0.1) is 16.5 Å². The van der Waals surface area contributed by atoms with Gasteiger partial charge in [-0.25, -0.2) is 9.67 Å². The van der Waals surface area contributed by atoms with Crippen molar-refractivity contribution < 1.29 is 4.92 Å².